The average Bonchev–Trinajstić information content (AvgIpc) is 2.83. The Balaban J connectivity index is 2.10. The number of hydrogen-bond donors (Lipinski definition) is 2. The van der Waals surface area contributed by atoms with Gasteiger partial charge in [-0.25, -0.2) is 4.98 Å². The van der Waals surface area contributed by atoms with E-state index in [0.717, 1.165) is 5.69 Å². The Bertz CT molecular complexity index is 504. The van der Waals surface area contributed by atoms with Crippen LogP contribution >= 0.6 is 11.3 Å². The van der Waals surface area contributed by atoms with E-state index in [4.69, 9.17) is 10.2 Å². The van der Waals surface area contributed by atoms with Crippen molar-refractivity contribution in [2.24, 2.45) is 0 Å². The molecule has 0 saturated carbocycles. The number of thiazole rings is 1. The van der Waals surface area contributed by atoms with Crippen LogP contribution in [0.15, 0.2) is 21.9 Å². The Hall–Kier alpha value is -1.82. The number of nitrogen functional groups attached to an aromatic ring is 1. The lowest BCUT2D eigenvalue weighted by Crippen LogP contribution is -2.18. The summed E-state index contributed by atoms with van der Waals surface area (Å²) in [5.41, 5.74) is 6.25. The molecule has 0 saturated heterocycles. The van der Waals surface area contributed by atoms with E-state index in [2.05, 4.69) is 10.3 Å². The molecule has 0 unspecified atom stereocenters. The van der Waals surface area contributed by atoms with Crippen molar-refractivity contribution in [3.8, 4) is 11.5 Å². The third kappa shape index (κ3) is 2.40. The molecule has 2 aromatic heterocycles. The highest BCUT2D eigenvalue weighted by Crippen LogP contribution is 2.24. The summed E-state index contributed by atoms with van der Waals surface area (Å²) < 4.78 is 5.51. The number of aromatic nitrogens is 1. The van der Waals surface area contributed by atoms with Crippen molar-refractivity contribution < 1.29 is 9.21 Å². The monoisotopic (exact) mass is 237 g/mol. The molecular weight excluding hydrogens is 226 g/mol. The van der Waals surface area contributed by atoms with Gasteiger partial charge in [-0.15, -0.1) is 11.3 Å². The minimum Gasteiger partial charge on any atom is -0.458 e. The standard InChI is InChI=1S/C10H11N3O2S/c1-6(14)12-4-7-2-3-9(15-7)8-5-16-10(11)13-8/h2-3,5H,4H2,1H3,(H2,11,13)(H,12,14). The molecule has 0 fully saturated rings. The van der Waals surface area contributed by atoms with Crippen molar-refractivity contribution in [2.45, 2.75) is 13.5 Å². The molecule has 0 aliphatic carbocycles. The summed E-state index contributed by atoms with van der Waals surface area (Å²) in [5.74, 6) is 1.26. The van der Waals surface area contributed by atoms with Crippen molar-refractivity contribution in [2.75, 3.05) is 5.73 Å². The van der Waals surface area contributed by atoms with E-state index in [1.54, 1.807) is 6.07 Å². The van der Waals surface area contributed by atoms with Gasteiger partial charge >= 0.3 is 0 Å². The first kappa shape index (κ1) is 10.7. The number of rotatable bonds is 3. The maximum Gasteiger partial charge on any atom is 0.217 e. The maximum atomic E-state index is 10.7. The summed E-state index contributed by atoms with van der Waals surface area (Å²) in [5, 5.41) is 5.00. The van der Waals surface area contributed by atoms with Crippen LogP contribution in [0.4, 0.5) is 5.13 Å². The zero-order chi connectivity index (χ0) is 11.5. The number of nitrogens with one attached hydrogen (secondary N) is 1. The molecule has 5 nitrogen and oxygen atoms in total. The van der Waals surface area contributed by atoms with Gasteiger partial charge in [-0.05, 0) is 12.1 Å². The Labute approximate surface area is 96.3 Å². The number of amides is 1. The van der Waals surface area contributed by atoms with Crippen molar-refractivity contribution in [1.29, 1.82) is 0 Å². The lowest BCUT2D eigenvalue weighted by Gasteiger charge is -1.97. The zero-order valence-corrected chi connectivity index (χ0v) is 9.50. The highest BCUT2D eigenvalue weighted by molar-refractivity contribution is 7.13. The van der Waals surface area contributed by atoms with Crippen molar-refractivity contribution >= 4 is 22.4 Å². The molecule has 0 bridgehead atoms. The summed E-state index contributed by atoms with van der Waals surface area (Å²) in [6.45, 7) is 1.85. The normalized spacial score (nSPS) is 10.3. The summed E-state index contributed by atoms with van der Waals surface area (Å²) >= 11 is 1.36. The molecule has 0 atom stereocenters. The van der Waals surface area contributed by atoms with E-state index in [0.29, 0.717) is 23.2 Å². The highest BCUT2D eigenvalue weighted by atomic mass is 32.1. The number of nitrogens with two attached hydrogens (primary N) is 1. The van der Waals surface area contributed by atoms with Crippen LogP contribution in [0.2, 0.25) is 0 Å². The molecule has 0 radical (unpaired) electrons. The summed E-state index contributed by atoms with van der Waals surface area (Å²) in [7, 11) is 0. The van der Waals surface area contributed by atoms with Gasteiger partial charge < -0.3 is 15.5 Å². The largest absolute Gasteiger partial charge is 0.458 e. The number of carbonyl (C=O) groups excluding carboxylic acids is 1. The van der Waals surface area contributed by atoms with Crippen molar-refractivity contribution in [3.63, 3.8) is 0 Å². The van der Waals surface area contributed by atoms with Gasteiger partial charge in [0.05, 0.1) is 6.54 Å². The molecule has 2 aromatic rings. The van der Waals surface area contributed by atoms with Crippen LogP contribution in [0.5, 0.6) is 0 Å². The first-order valence-corrected chi connectivity index (χ1v) is 5.57. The fourth-order valence-corrected chi connectivity index (χ4v) is 1.78. The molecule has 0 aliphatic rings. The van der Waals surface area contributed by atoms with Crippen LogP contribution in [0.3, 0.4) is 0 Å². The van der Waals surface area contributed by atoms with Crippen LogP contribution in [-0.2, 0) is 11.3 Å². The van der Waals surface area contributed by atoms with Gasteiger partial charge in [-0.2, -0.15) is 0 Å². The minimum atomic E-state index is -0.0872. The molecule has 16 heavy (non-hydrogen) atoms. The SMILES string of the molecule is CC(=O)NCc1ccc(-c2csc(N)n2)o1. The second-order valence-corrected chi connectivity index (χ2v) is 4.14. The van der Waals surface area contributed by atoms with E-state index in [1.165, 1.54) is 18.3 Å². The third-order valence-corrected chi connectivity index (χ3v) is 2.62. The van der Waals surface area contributed by atoms with Gasteiger partial charge in [-0.3, -0.25) is 4.79 Å². The molecule has 0 spiro atoms. The minimum absolute atomic E-state index is 0.0872. The number of anilines is 1. The van der Waals surface area contributed by atoms with Gasteiger partial charge in [0.25, 0.3) is 0 Å². The molecule has 0 aromatic carbocycles. The van der Waals surface area contributed by atoms with Crippen LogP contribution in [0.25, 0.3) is 11.5 Å². The van der Waals surface area contributed by atoms with Gasteiger partial charge in [0.2, 0.25) is 5.91 Å². The summed E-state index contributed by atoms with van der Waals surface area (Å²) in [4.78, 5) is 14.8. The molecular formula is C10H11N3O2S. The van der Waals surface area contributed by atoms with E-state index < -0.39 is 0 Å². The summed E-state index contributed by atoms with van der Waals surface area (Å²) in [6.07, 6.45) is 0. The fraction of sp³-hybridized carbons (Fsp3) is 0.200. The van der Waals surface area contributed by atoms with Gasteiger partial charge in [0.1, 0.15) is 11.5 Å². The third-order valence-electron chi connectivity index (χ3n) is 1.95. The number of furan rings is 1. The second kappa shape index (κ2) is 4.36. The van der Waals surface area contributed by atoms with Gasteiger partial charge in [0, 0.05) is 12.3 Å². The second-order valence-electron chi connectivity index (χ2n) is 3.25. The molecule has 84 valence electrons. The molecule has 6 heteroatoms. The van der Waals surface area contributed by atoms with E-state index >= 15 is 0 Å². The fourth-order valence-electron chi connectivity index (χ4n) is 1.22. The quantitative estimate of drug-likeness (QED) is 0.850. The number of hydrogen-bond acceptors (Lipinski definition) is 5. The Morgan fingerprint density at radius 1 is 1.62 bits per heavy atom. The Kier molecular flexibility index (Phi) is 2.91. The smallest absolute Gasteiger partial charge is 0.217 e. The van der Waals surface area contributed by atoms with E-state index in [-0.39, 0.29) is 5.91 Å². The first-order valence-electron chi connectivity index (χ1n) is 4.69. The predicted octanol–water partition coefficient (Wildman–Crippen LogP) is 1.62. The molecule has 2 rings (SSSR count). The van der Waals surface area contributed by atoms with E-state index in [1.807, 2.05) is 11.4 Å². The lowest BCUT2D eigenvalue weighted by molar-refractivity contribution is -0.119. The van der Waals surface area contributed by atoms with Gasteiger partial charge in [-0.1, -0.05) is 0 Å². The van der Waals surface area contributed by atoms with Crippen LogP contribution in [0, 0.1) is 0 Å². The molecule has 1 amide bonds. The van der Waals surface area contributed by atoms with Gasteiger partial charge in [0.15, 0.2) is 10.9 Å². The maximum absolute atomic E-state index is 10.7. The van der Waals surface area contributed by atoms with Crippen LogP contribution < -0.4 is 11.1 Å². The average molecular weight is 237 g/mol. The highest BCUT2D eigenvalue weighted by Gasteiger charge is 2.08. The first-order chi connectivity index (χ1) is 7.65. The van der Waals surface area contributed by atoms with Crippen molar-refractivity contribution in [3.05, 3.63) is 23.3 Å². The lowest BCUT2D eigenvalue weighted by atomic mass is 10.3. The summed E-state index contributed by atoms with van der Waals surface area (Å²) in [6, 6.07) is 3.62. The predicted molar refractivity (Wildman–Crippen MR) is 61.7 cm³/mol. The molecule has 0 aliphatic heterocycles. The Morgan fingerprint density at radius 2 is 2.44 bits per heavy atom. The zero-order valence-electron chi connectivity index (χ0n) is 8.69. The number of nitrogens with zero attached hydrogens (tertiary/aromatic N) is 1. The van der Waals surface area contributed by atoms with Crippen molar-refractivity contribution in [1.82, 2.24) is 10.3 Å². The number of carbonyl (C=O) groups is 1. The molecule has 3 N–H and O–H groups in total. The van der Waals surface area contributed by atoms with Crippen LogP contribution in [0.1, 0.15) is 12.7 Å². The topological polar surface area (TPSA) is 81.2 Å². The Morgan fingerprint density at radius 3 is 3.06 bits per heavy atom. The van der Waals surface area contributed by atoms with E-state index in [9.17, 15) is 4.79 Å². The van der Waals surface area contributed by atoms with Crippen LogP contribution in [-0.4, -0.2) is 10.9 Å². The molecule has 2 heterocycles.